The van der Waals surface area contributed by atoms with Crippen molar-refractivity contribution in [3.8, 4) is 0 Å². The number of carboxylic acid groups (broad SMARTS) is 1. The van der Waals surface area contributed by atoms with Gasteiger partial charge in [0.2, 0.25) is 0 Å². The number of aliphatic hydroxyl groups is 1. The summed E-state index contributed by atoms with van der Waals surface area (Å²) < 4.78 is 0. The normalized spacial score (nSPS) is 18.6. The largest absolute Gasteiger partial charge is 0.481 e. The highest BCUT2D eigenvalue weighted by Crippen LogP contribution is 2.20. The fraction of sp³-hybridized carbons (Fsp3) is 0.846. The number of aliphatic carboxylic acids is 1. The number of carboxylic acids is 1. The van der Waals surface area contributed by atoms with Crippen LogP contribution in [-0.2, 0) is 4.79 Å². The lowest BCUT2D eigenvalue weighted by Gasteiger charge is -2.27. The maximum Gasteiger partial charge on any atom is 0.320 e. The van der Waals surface area contributed by atoms with Crippen LogP contribution in [0.1, 0.15) is 32.6 Å². The molecule has 0 aromatic rings. The summed E-state index contributed by atoms with van der Waals surface area (Å²) in [6.45, 7) is 4.14. The van der Waals surface area contributed by atoms with E-state index in [0.717, 1.165) is 19.3 Å². The molecule has 1 saturated heterocycles. The van der Waals surface area contributed by atoms with Crippen LogP contribution in [0.4, 0.5) is 4.79 Å². The molecule has 1 heterocycles. The summed E-state index contributed by atoms with van der Waals surface area (Å²) in [5, 5.41) is 17.8. The molecular formula is C13H24N2O4. The Labute approximate surface area is 114 Å². The highest BCUT2D eigenvalue weighted by atomic mass is 16.4. The summed E-state index contributed by atoms with van der Waals surface area (Å²) in [6, 6.07) is -0.0737. The van der Waals surface area contributed by atoms with E-state index in [-0.39, 0.29) is 25.0 Å². The van der Waals surface area contributed by atoms with Gasteiger partial charge in [0, 0.05) is 32.6 Å². The van der Waals surface area contributed by atoms with Crippen LogP contribution in [0, 0.1) is 5.92 Å². The van der Waals surface area contributed by atoms with E-state index in [4.69, 9.17) is 10.2 Å². The smallest absolute Gasteiger partial charge is 0.320 e. The van der Waals surface area contributed by atoms with Gasteiger partial charge >= 0.3 is 12.0 Å². The molecule has 0 saturated carbocycles. The quantitative estimate of drug-likeness (QED) is 0.724. The Hall–Kier alpha value is -1.30. The van der Waals surface area contributed by atoms with Gasteiger partial charge in [0.05, 0.1) is 6.61 Å². The van der Waals surface area contributed by atoms with Crippen molar-refractivity contribution in [2.75, 3.05) is 32.8 Å². The van der Waals surface area contributed by atoms with E-state index in [1.165, 1.54) is 0 Å². The van der Waals surface area contributed by atoms with Gasteiger partial charge in [-0.15, -0.1) is 0 Å². The first-order valence-electron chi connectivity index (χ1n) is 6.95. The Balaban J connectivity index is 2.48. The second kappa shape index (κ2) is 7.99. The number of rotatable bonds is 7. The van der Waals surface area contributed by atoms with E-state index in [1.807, 2.05) is 0 Å². The number of hydrogen-bond donors (Lipinski definition) is 2. The predicted molar refractivity (Wildman–Crippen MR) is 70.9 cm³/mol. The summed E-state index contributed by atoms with van der Waals surface area (Å²) in [4.78, 5) is 26.3. The number of carbonyl (C=O) groups excluding carboxylic acids is 1. The van der Waals surface area contributed by atoms with Gasteiger partial charge in [0.15, 0.2) is 0 Å². The van der Waals surface area contributed by atoms with Crippen LogP contribution in [0.5, 0.6) is 0 Å². The van der Waals surface area contributed by atoms with E-state index >= 15 is 0 Å². The van der Waals surface area contributed by atoms with Crippen LogP contribution < -0.4 is 0 Å². The lowest BCUT2D eigenvalue weighted by molar-refractivity contribution is -0.138. The second-order valence-corrected chi connectivity index (χ2v) is 5.05. The molecule has 2 amide bonds. The molecule has 1 aliphatic rings. The zero-order valence-corrected chi connectivity index (χ0v) is 11.5. The van der Waals surface area contributed by atoms with Crippen molar-refractivity contribution < 1.29 is 19.8 Å². The average molecular weight is 272 g/mol. The SMILES string of the molecule is CCCCN(CCO)C(=O)N1CCC(CC(=O)O)C1. The molecule has 19 heavy (non-hydrogen) atoms. The lowest BCUT2D eigenvalue weighted by atomic mass is 10.1. The zero-order valence-electron chi connectivity index (χ0n) is 11.5. The van der Waals surface area contributed by atoms with Crippen molar-refractivity contribution in [3.05, 3.63) is 0 Å². The molecule has 6 nitrogen and oxygen atoms in total. The van der Waals surface area contributed by atoms with E-state index in [0.29, 0.717) is 26.2 Å². The maximum atomic E-state index is 12.3. The van der Waals surface area contributed by atoms with Gasteiger partial charge in [-0.05, 0) is 18.8 Å². The van der Waals surface area contributed by atoms with Crippen LogP contribution in [-0.4, -0.2) is 64.8 Å². The molecule has 0 bridgehead atoms. The molecule has 0 radical (unpaired) electrons. The van der Waals surface area contributed by atoms with E-state index in [2.05, 4.69) is 6.92 Å². The third-order valence-corrected chi connectivity index (χ3v) is 3.44. The van der Waals surface area contributed by atoms with Crippen LogP contribution >= 0.6 is 0 Å². The van der Waals surface area contributed by atoms with Crippen LogP contribution in [0.15, 0.2) is 0 Å². The number of hydrogen-bond acceptors (Lipinski definition) is 3. The highest BCUT2D eigenvalue weighted by molar-refractivity contribution is 5.75. The van der Waals surface area contributed by atoms with Gasteiger partial charge in [0.25, 0.3) is 0 Å². The standard InChI is InChI=1S/C13H24N2O4/c1-2-3-5-14(7-8-16)13(19)15-6-4-11(10-15)9-12(17)18/h11,16H,2-10H2,1H3,(H,17,18). The number of urea groups is 1. The molecule has 1 aliphatic heterocycles. The third-order valence-electron chi connectivity index (χ3n) is 3.44. The van der Waals surface area contributed by atoms with Crippen molar-refractivity contribution in [3.63, 3.8) is 0 Å². The second-order valence-electron chi connectivity index (χ2n) is 5.05. The maximum absolute atomic E-state index is 12.3. The molecule has 1 atom stereocenters. The summed E-state index contributed by atoms with van der Waals surface area (Å²) in [7, 11) is 0. The topological polar surface area (TPSA) is 81.1 Å². The van der Waals surface area contributed by atoms with Crippen molar-refractivity contribution in [2.45, 2.75) is 32.6 Å². The fourth-order valence-corrected chi connectivity index (χ4v) is 2.39. The van der Waals surface area contributed by atoms with Crippen LogP contribution in [0.25, 0.3) is 0 Å². The van der Waals surface area contributed by atoms with Crippen LogP contribution in [0.2, 0.25) is 0 Å². The Morgan fingerprint density at radius 3 is 2.68 bits per heavy atom. The van der Waals surface area contributed by atoms with Crippen molar-refractivity contribution in [1.82, 2.24) is 9.80 Å². The number of likely N-dealkylation sites (tertiary alicyclic amines) is 1. The minimum Gasteiger partial charge on any atom is -0.481 e. The minimum absolute atomic E-state index is 0.0398. The highest BCUT2D eigenvalue weighted by Gasteiger charge is 2.30. The molecule has 0 aliphatic carbocycles. The van der Waals surface area contributed by atoms with Gasteiger partial charge in [0.1, 0.15) is 0 Å². The first kappa shape index (κ1) is 15.8. The first-order chi connectivity index (χ1) is 9.08. The van der Waals surface area contributed by atoms with Crippen molar-refractivity contribution in [2.24, 2.45) is 5.92 Å². The summed E-state index contributed by atoms with van der Waals surface area (Å²) in [5.74, 6) is -0.749. The molecule has 6 heteroatoms. The van der Waals surface area contributed by atoms with E-state index < -0.39 is 5.97 Å². The van der Waals surface area contributed by atoms with E-state index in [1.54, 1.807) is 9.80 Å². The molecule has 1 unspecified atom stereocenters. The predicted octanol–water partition coefficient (Wildman–Crippen LogP) is 0.997. The molecule has 0 aromatic heterocycles. The number of unbranched alkanes of at least 4 members (excludes halogenated alkanes) is 1. The Morgan fingerprint density at radius 2 is 2.11 bits per heavy atom. The van der Waals surface area contributed by atoms with Gasteiger partial charge in [-0.2, -0.15) is 0 Å². The van der Waals surface area contributed by atoms with E-state index in [9.17, 15) is 9.59 Å². The molecule has 1 rings (SSSR count). The van der Waals surface area contributed by atoms with Gasteiger partial charge in [-0.1, -0.05) is 13.3 Å². The first-order valence-corrected chi connectivity index (χ1v) is 6.95. The van der Waals surface area contributed by atoms with Gasteiger partial charge in [-0.25, -0.2) is 4.79 Å². The summed E-state index contributed by atoms with van der Waals surface area (Å²) in [5.41, 5.74) is 0. The minimum atomic E-state index is -0.808. The summed E-state index contributed by atoms with van der Waals surface area (Å²) in [6.07, 6.45) is 2.78. The number of aliphatic hydroxyl groups excluding tert-OH is 1. The number of nitrogens with zero attached hydrogens (tertiary/aromatic N) is 2. The molecule has 2 N–H and O–H groups in total. The zero-order chi connectivity index (χ0) is 14.3. The molecule has 0 spiro atoms. The molecule has 1 fully saturated rings. The Bertz CT molecular complexity index is 309. The molecular weight excluding hydrogens is 248 g/mol. The molecule has 110 valence electrons. The third kappa shape index (κ3) is 5.06. The number of carbonyl (C=O) groups is 2. The van der Waals surface area contributed by atoms with Gasteiger partial charge in [-0.3, -0.25) is 4.79 Å². The van der Waals surface area contributed by atoms with Crippen molar-refractivity contribution >= 4 is 12.0 Å². The summed E-state index contributed by atoms with van der Waals surface area (Å²) >= 11 is 0. The van der Waals surface area contributed by atoms with Crippen molar-refractivity contribution in [1.29, 1.82) is 0 Å². The Morgan fingerprint density at radius 1 is 1.37 bits per heavy atom. The molecule has 0 aromatic carbocycles. The van der Waals surface area contributed by atoms with Gasteiger partial charge < -0.3 is 20.0 Å². The fourth-order valence-electron chi connectivity index (χ4n) is 2.39. The average Bonchev–Trinajstić information content (AvgIpc) is 2.81. The lowest BCUT2D eigenvalue weighted by Crippen LogP contribution is -2.43. The number of amides is 2. The van der Waals surface area contributed by atoms with Crippen LogP contribution in [0.3, 0.4) is 0 Å². The Kier molecular flexibility index (Phi) is 6.62. The monoisotopic (exact) mass is 272 g/mol.